The maximum atomic E-state index is 11.6. The van der Waals surface area contributed by atoms with E-state index in [0.717, 1.165) is 32.1 Å². The summed E-state index contributed by atoms with van der Waals surface area (Å²) in [5, 5.41) is 6.38. The summed E-state index contributed by atoms with van der Waals surface area (Å²) in [7, 11) is -5.06. The molecule has 1 fully saturated rings. The molecule has 0 bridgehead atoms. The Kier molecular flexibility index (Phi) is 9.71. The van der Waals surface area contributed by atoms with Crippen LogP contribution in [0.4, 0.5) is 0 Å². The van der Waals surface area contributed by atoms with E-state index in [4.69, 9.17) is 9.84 Å². The minimum atomic E-state index is -5.06. The van der Waals surface area contributed by atoms with Crippen LogP contribution in [0.3, 0.4) is 0 Å². The molecule has 1 aliphatic carbocycles. The molecule has 0 spiro atoms. The van der Waals surface area contributed by atoms with Crippen LogP contribution in [0.25, 0.3) is 0 Å². The van der Waals surface area contributed by atoms with Crippen molar-refractivity contribution in [3.8, 4) is 0 Å². The maximum Gasteiger partial charge on any atom is 1.00 e. The van der Waals surface area contributed by atoms with Gasteiger partial charge >= 0.3 is 41.5 Å². The van der Waals surface area contributed by atoms with Crippen LogP contribution in [-0.4, -0.2) is 41.4 Å². The molecule has 0 aliphatic heterocycles. The second-order valence-electron chi connectivity index (χ2n) is 4.98. The molecule has 1 saturated carbocycles. The van der Waals surface area contributed by atoms with E-state index in [0.29, 0.717) is 12.8 Å². The number of aliphatic carboxylic acids is 1. The standard InChI is InChI=1S/C12H20O7S.Na/c13-11(8-10(12(14)15)20(16,17)18)19-9-6-4-2-1-3-5-7-9;/h9-10H,1-8H2,(H,14,15)(H,16,17,18);/q;+1/p-1. The van der Waals surface area contributed by atoms with Crippen molar-refractivity contribution in [2.45, 2.75) is 62.7 Å². The van der Waals surface area contributed by atoms with Gasteiger partial charge in [0.25, 0.3) is 0 Å². The Hall–Kier alpha value is -0.150. The average molecular weight is 330 g/mol. The summed E-state index contributed by atoms with van der Waals surface area (Å²) in [4.78, 5) is 22.3. The number of hydrogen-bond donors (Lipinski definition) is 1. The van der Waals surface area contributed by atoms with E-state index >= 15 is 0 Å². The van der Waals surface area contributed by atoms with Crippen LogP contribution in [0.1, 0.15) is 51.4 Å². The maximum absolute atomic E-state index is 11.6. The molecule has 0 radical (unpaired) electrons. The van der Waals surface area contributed by atoms with Crippen molar-refractivity contribution < 1.29 is 62.0 Å². The molecule has 9 heteroatoms. The van der Waals surface area contributed by atoms with Crippen molar-refractivity contribution in [2.24, 2.45) is 0 Å². The number of esters is 1. The predicted octanol–water partition coefficient (Wildman–Crippen LogP) is -1.96. The van der Waals surface area contributed by atoms with E-state index in [1.165, 1.54) is 0 Å². The SMILES string of the molecule is O=C(CC(C(=O)O)S(=O)(=O)[O-])OC1CCCCCCC1.[Na+]. The smallest absolute Gasteiger partial charge is 0.747 e. The Labute approximate surface area is 146 Å². The van der Waals surface area contributed by atoms with E-state index in [2.05, 4.69) is 0 Å². The third kappa shape index (κ3) is 8.15. The summed E-state index contributed by atoms with van der Waals surface area (Å²) in [5.74, 6) is -2.77. The van der Waals surface area contributed by atoms with Gasteiger partial charge in [0.1, 0.15) is 16.2 Å². The van der Waals surface area contributed by atoms with Gasteiger partial charge in [-0.2, -0.15) is 0 Å². The van der Waals surface area contributed by atoms with Crippen molar-refractivity contribution in [2.75, 3.05) is 0 Å². The molecule has 1 unspecified atom stereocenters. The van der Waals surface area contributed by atoms with Crippen LogP contribution in [0.15, 0.2) is 0 Å². The Morgan fingerprint density at radius 1 is 1.14 bits per heavy atom. The van der Waals surface area contributed by atoms with E-state index in [-0.39, 0.29) is 35.7 Å². The molecule has 1 atom stereocenters. The largest absolute Gasteiger partial charge is 1.00 e. The number of carbonyl (C=O) groups is 2. The van der Waals surface area contributed by atoms with E-state index < -0.39 is 33.7 Å². The average Bonchev–Trinajstić information content (AvgIpc) is 2.27. The van der Waals surface area contributed by atoms with Crippen LogP contribution in [0, 0.1) is 0 Å². The molecule has 1 rings (SSSR count). The van der Waals surface area contributed by atoms with Crippen LogP contribution < -0.4 is 29.6 Å². The molecule has 1 N–H and O–H groups in total. The monoisotopic (exact) mass is 330 g/mol. The number of carboxylic acid groups (broad SMARTS) is 1. The van der Waals surface area contributed by atoms with Gasteiger partial charge in [0.2, 0.25) is 0 Å². The fraction of sp³-hybridized carbons (Fsp3) is 0.833. The van der Waals surface area contributed by atoms with Crippen LogP contribution in [0.5, 0.6) is 0 Å². The van der Waals surface area contributed by atoms with Crippen molar-refractivity contribution in [3.63, 3.8) is 0 Å². The molecule has 0 amide bonds. The molecule has 21 heavy (non-hydrogen) atoms. The summed E-state index contributed by atoms with van der Waals surface area (Å²) in [6.07, 6.45) is 5.23. The quantitative estimate of drug-likeness (QED) is 0.353. The summed E-state index contributed by atoms with van der Waals surface area (Å²) >= 11 is 0. The molecule has 116 valence electrons. The van der Waals surface area contributed by atoms with Crippen molar-refractivity contribution in [1.82, 2.24) is 0 Å². The molecule has 0 heterocycles. The molecule has 0 aromatic carbocycles. The molecule has 0 aromatic rings. The normalized spacial score (nSPS) is 18.7. The fourth-order valence-electron chi connectivity index (χ4n) is 2.23. The Morgan fingerprint density at radius 2 is 1.62 bits per heavy atom. The van der Waals surface area contributed by atoms with E-state index in [1.54, 1.807) is 0 Å². The van der Waals surface area contributed by atoms with E-state index in [1.807, 2.05) is 0 Å². The number of ether oxygens (including phenoxy) is 1. The number of carboxylic acids is 1. The summed E-state index contributed by atoms with van der Waals surface area (Å²) in [6.45, 7) is 0. The summed E-state index contributed by atoms with van der Waals surface area (Å²) < 4.78 is 37.4. The van der Waals surface area contributed by atoms with E-state index in [9.17, 15) is 22.6 Å². The van der Waals surface area contributed by atoms with Crippen molar-refractivity contribution in [1.29, 1.82) is 0 Å². The topological polar surface area (TPSA) is 121 Å². The summed E-state index contributed by atoms with van der Waals surface area (Å²) in [6, 6.07) is 0. The van der Waals surface area contributed by atoms with Gasteiger partial charge in [-0.25, -0.2) is 8.42 Å². The van der Waals surface area contributed by atoms with Gasteiger partial charge < -0.3 is 14.4 Å². The Balaban J connectivity index is 0.00000400. The zero-order valence-corrected chi connectivity index (χ0v) is 14.9. The third-order valence-electron chi connectivity index (χ3n) is 3.33. The Bertz CT molecular complexity index is 441. The summed E-state index contributed by atoms with van der Waals surface area (Å²) in [5.41, 5.74) is 0. The Morgan fingerprint density at radius 3 is 2.05 bits per heavy atom. The zero-order valence-electron chi connectivity index (χ0n) is 12.1. The number of rotatable bonds is 5. The first-order chi connectivity index (χ1) is 9.30. The first-order valence-corrected chi connectivity index (χ1v) is 8.15. The molecule has 1 aliphatic rings. The van der Waals surface area contributed by atoms with Gasteiger partial charge in [-0.3, -0.25) is 9.59 Å². The molecule has 7 nitrogen and oxygen atoms in total. The molecule has 0 saturated heterocycles. The van der Waals surface area contributed by atoms with Crippen LogP contribution in [0.2, 0.25) is 0 Å². The second-order valence-corrected chi connectivity index (χ2v) is 6.54. The van der Waals surface area contributed by atoms with Crippen molar-refractivity contribution in [3.05, 3.63) is 0 Å². The third-order valence-corrected chi connectivity index (χ3v) is 4.39. The van der Waals surface area contributed by atoms with Gasteiger partial charge in [-0.1, -0.05) is 19.3 Å². The van der Waals surface area contributed by atoms with Crippen molar-refractivity contribution >= 4 is 22.1 Å². The van der Waals surface area contributed by atoms with Gasteiger partial charge in [-0.05, 0) is 25.7 Å². The van der Waals surface area contributed by atoms with Gasteiger partial charge in [0, 0.05) is 0 Å². The molecule has 0 aromatic heterocycles. The predicted molar refractivity (Wildman–Crippen MR) is 67.9 cm³/mol. The number of hydrogen-bond acceptors (Lipinski definition) is 6. The first-order valence-electron chi connectivity index (χ1n) is 6.67. The van der Waals surface area contributed by atoms with Gasteiger partial charge in [0.15, 0.2) is 5.25 Å². The zero-order chi connectivity index (χ0) is 15.2. The van der Waals surface area contributed by atoms with Gasteiger partial charge in [0.05, 0.1) is 6.42 Å². The minimum absolute atomic E-state index is 0. The number of carbonyl (C=O) groups excluding carboxylic acids is 1. The molecular weight excluding hydrogens is 311 g/mol. The fourth-order valence-corrected chi connectivity index (χ4v) is 2.82. The minimum Gasteiger partial charge on any atom is -0.747 e. The van der Waals surface area contributed by atoms with Crippen LogP contribution >= 0.6 is 0 Å². The molecular formula is C12H19NaO7S. The van der Waals surface area contributed by atoms with Crippen LogP contribution in [-0.2, 0) is 24.4 Å². The second kappa shape index (κ2) is 9.78. The van der Waals surface area contributed by atoms with Gasteiger partial charge in [-0.15, -0.1) is 0 Å². The first kappa shape index (κ1) is 20.9.